The second-order valence-corrected chi connectivity index (χ2v) is 19.8. The Hall–Kier alpha value is -9.76. The molecule has 2 heteroatoms. The minimum Gasteiger partial charge on any atom is -0.310 e. The number of benzene rings is 13. The minimum atomic E-state index is -0.680. The first-order valence-electron chi connectivity index (χ1n) is 26.0. The minimum absolute atomic E-state index is 0.680. The van der Waals surface area contributed by atoms with Crippen LogP contribution in [0.4, 0.5) is 34.1 Å². The molecular weight excluding hydrogens is 905 g/mol. The Labute approximate surface area is 437 Å². The normalized spacial score (nSPS) is 12.6. The summed E-state index contributed by atoms with van der Waals surface area (Å²) in [5.41, 5.74) is 21.1. The molecule has 0 aromatic heterocycles. The summed E-state index contributed by atoms with van der Waals surface area (Å²) in [6.45, 7) is 0. The molecule has 0 heterocycles. The molecule has 0 saturated carbocycles. The first-order valence-corrected chi connectivity index (χ1v) is 26.0. The highest BCUT2D eigenvalue weighted by Gasteiger charge is 2.54. The topological polar surface area (TPSA) is 6.48 Å². The van der Waals surface area contributed by atoms with Crippen molar-refractivity contribution in [1.82, 2.24) is 0 Å². The summed E-state index contributed by atoms with van der Waals surface area (Å²) in [5.74, 6) is 0. The van der Waals surface area contributed by atoms with Crippen LogP contribution in [-0.4, -0.2) is 0 Å². The van der Waals surface area contributed by atoms with Crippen LogP contribution in [0.1, 0.15) is 22.3 Å². The van der Waals surface area contributed by atoms with Crippen LogP contribution < -0.4 is 9.80 Å². The molecule has 13 aromatic rings. The number of para-hydroxylation sites is 4. The van der Waals surface area contributed by atoms with Gasteiger partial charge in [-0.05, 0) is 137 Å². The van der Waals surface area contributed by atoms with Crippen molar-refractivity contribution in [2.45, 2.75) is 5.41 Å². The van der Waals surface area contributed by atoms with Gasteiger partial charge in [-0.3, -0.25) is 0 Å². The highest BCUT2D eigenvalue weighted by atomic mass is 15.2. The lowest BCUT2D eigenvalue weighted by molar-refractivity contribution is 0.802. The van der Waals surface area contributed by atoms with Crippen molar-refractivity contribution >= 4 is 66.4 Å². The molecule has 0 unspecified atom stereocenters. The number of fused-ring (bicyclic) bond motifs is 17. The maximum Gasteiger partial charge on any atom is 0.0732 e. The van der Waals surface area contributed by atoms with Gasteiger partial charge in [0.05, 0.1) is 22.5 Å². The molecule has 1 spiro atoms. The third-order valence-electron chi connectivity index (χ3n) is 16.0. The van der Waals surface area contributed by atoms with Crippen LogP contribution in [0.3, 0.4) is 0 Å². The summed E-state index contributed by atoms with van der Waals surface area (Å²) in [7, 11) is 0. The zero-order chi connectivity index (χ0) is 49.5. The Kier molecular flexibility index (Phi) is 9.83. The fourth-order valence-electron chi connectivity index (χ4n) is 13.1. The molecular formula is C73H48N2. The Morgan fingerprint density at radius 2 is 0.653 bits per heavy atom. The fourth-order valence-corrected chi connectivity index (χ4v) is 13.1. The standard InChI is InChI=1S/C73H48N2/c1-5-25-49(26-6-1)54-33-19-23-43-67(54)74(51-29-9-3-10-30-51)53-45-46-62-63(47-53)56-35-13-15-39-60(56)71-70-61-40-16-14-38-59(61)69(48-66(70)73(72(62)71)64-41-21-17-36-57(64)58-37-18-22-42-65(58)73)75(52-31-11-4-12-32-52)68-44-24-20-34-55(68)50-27-7-2-8-28-50/h1-48H. The molecule has 0 N–H and O–H groups in total. The third kappa shape index (κ3) is 6.40. The predicted octanol–water partition coefficient (Wildman–Crippen LogP) is 19.8. The van der Waals surface area contributed by atoms with Crippen molar-refractivity contribution in [1.29, 1.82) is 0 Å². The maximum atomic E-state index is 2.58. The summed E-state index contributed by atoms with van der Waals surface area (Å²) in [5, 5.41) is 7.38. The summed E-state index contributed by atoms with van der Waals surface area (Å²) >= 11 is 0. The Balaban J connectivity index is 1.08. The average Bonchev–Trinajstić information content (AvgIpc) is 4.21. The lowest BCUT2D eigenvalue weighted by atomic mass is 9.69. The highest BCUT2D eigenvalue weighted by Crippen LogP contribution is 2.67. The Morgan fingerprint density at radius 1 is 0.227 bits per heavy atom. The number of nitrogens with zero attached hydrogens (tertiary/aromatic N) is 2. The molecule has 2 nitrogen and oxygen atoms in total. The van der Waals surface area contributed by atoms with E-state index >= 15 is 0 Å². The number of hydrogen-bond donors (Lipinski definition) is 0. The maximum absolute atomic E-state index is 2.58. The number of rotatable bonds is 8. The predicted molar refractivity (Wildman–Crippen MR) is 315 cm³/mol. The first-order chi connectivity index (χ1) is 37.3. The van der Waals surface area contributed by atoms with Crippen LogP contribution in [0.2, 0.25) is 0 Å². The van der Waals surface area contributed by atoms with Gasteiger partial charge in [-0.1, -0.05) is 237 Å². The van der Waals surface area contributed by atoms with E-state index in [1.165, 1.54) is 99.1 Å². The molecule has 0 aliphatic heterocycles. The van der Waals surface area contributed by atoms with Crippen molar-refractivity contribution < 1.29 is 0 Å². The van der Waals surface area contributed by atoms with Gasteiger partial charge in [0.15, 0.2) is 0 Å². The molecule has 350 valence electrons. The van der Waals surface area contributed by atoms with Crippen molar-refractivity contribution in [3.8, 4) is 44.5 Å². The van der Waals surface area contributed by atoms with Crippen LogP contribution in [-0.2, 0) is 5.41 Å². The molecule has 0 atom stereocenters. The van der Waals surface area contributed by atoms with Gasteiger partial charge in [0.25, 0.3) is 0 Å². The summed E-state index contributed by atoms with van der Waals surface area (Å²) in [6.07, 6.45) is 0. The lowest BCUT2D eigenvalue weighted by Crippen LogP contribution is -2.26. The molecule has 13 aromatic carbocycles. The molecule has 0 fully saturated rings. The molecule has 0 saturated heterocycles. The van der Waals surface area contributed by atoms with E-state index in [0.29, 0.717) is 0 Å². The zero-order valence-corrected chi connectivity index (χ0v) is 41.1. The smallest absolute Gasteiger partial charge is 0.0732 e. The van der Waals surface area contributed by atoms with Gasteiger partial charge < -0.3 is 9.80 Å². The molecule has 15 rings (SSSR count). The van der Waals surface area contributed by atoms with E-state index in [9.17, 15) is 0 Å². The van der Waals surface area contributed by atoms with Crippen LogP contribution in [0, 0.1) is 0 Å². The van der Waals surface area contributed by atoms with E-state index in [-0.39, 0.29) is 0 Å². The van der Waals surface area contributed by atoms with Crippen LogP contribution >= 0.6 is 0 Å². The van der Waals surface area contributed by atoms with Crippen molar-refractivity contribution in [2.24, 2.45) is 0 Å². The summed E-state index contributed by atoms with van der Waals surface area (Å²) in [4.78, 5) is 4.96. The van der Waals surface area contributed by atoms with E-state index in [0.717, 1.165) is 34.1 Å². The quantitative estimate of drug-likeness (QED) is 0.140. The SMILES string of the molecule is c1ccc(-c2ccccc2N(c2ccccc2)c2ccc3c4c(c5ccccc5c3c2)-c2c(cc(N(c3ccccc3)c3ccccc3-c3ccccc3)c3ccccc23)C42c3ccccc3-c3ccccc32)cc1. The van der Waals surface area contributed by atoms with Gasteiger partial charge in [0.1, 0.15) is 0 Å². The van der Waals surface area contributed by atoms with Crippen LogP contribution in [0.25, 0.3) is 76.8 Å². The van der Waals surface area contributed by atoms with E-state index in [2.05, 4.69) is 301 Å². The zero-order valence-electron chi connectivity index (χ0n) is 41.1. The fraction of sp³-hybridized carbons (Fsp3) is 0.0137. The number of anilines is 6. The second kappa shape index (κ2) is 17.2. The van der Waals surface area contributed by atoms with Gasteiger partial charge >= 0.3 is 0 Å². The molecule has 0 bridgehead atoms. The lowest BCUT2D eigenvalue weighted by Gasteiger charge is -2.34. The summed E-state index contributed by atoms with van der Waals surface area (Å²) in [6, 6.07) is 108. The van der Waals surface area contributed by atoms with E-state index in [1.807, 2.05) is 0 Å². The molecule has 0 amide bonds. The number of hydrogen-bond acceptors (Lipinski definition) is 2. The van der Waals surface area contributed by atoms with Gasteiger partial charge in [-0.15, -0.1) is 0 Å². The van der Waals surface area contributed by atoms with Crippen LogP contribution in [0.15, 0.2) is 291 Å². The monoisotopic (exact) mass is 952 g/mol. The van der Waals surface area contributed by atoms with Gasteiger partial charge in [0, 0.05) is 33.6 Å². The molecule has 75 heavy (non-hydrogen) atoms. The highest BCUT2D eigenvalue weighted by molar-refractivity contribution is 6.24. The van der Waals surface area contributed by atoms with Gasteiger partial charge in [-0.2, -0.15) is 0 Å². The Morgan fingerprint density at radius 3 is 1.23 bits per heavy atom. The van der Waals surface area contributed by atoms with E-state index in [4.69, 9.17) is 0 Å². The second-order valence-electron chi connectivity index (χ2n) is 19.8. The van der Waals surface area contributed by atoms with Crippen molar-refractivity contribution in [2.75, 3.05) is 9.80 Å². The average molecular weight is 953 g/mol. The van der Waals surface area contributed by atoms with Crippen LogP contribution in [0.5, 0.6) is 0 Å². The third-order valence-corrected chi connectivity index (χ3v) is 16.0. The van der Waals surface area contributed by atoms with Crippen molar-refractivity contribution in [3.63, 3.8) is 0 Å². The molecule has 2 aliphatic carbocycles. The largest absolute Gasteiger partial charge is 0.310 e. The first kappa shape index (κ1) is 42.9. The Bertz CT molecular complexity index is 4310. The van der Waals surface area contributed by atoms with Gasteiger partial charge in [-0.25, -0.2) is 0 Å². The molecule has 2 aliphatic rings. The summed E-state index contributed by atoms with van der Waals surface area (Å²) < 4.78 is 0. The van der Waals surface area contributed by atoms with Crippen molar-refractivity contribution in [3.05, 3.63) is 313 Å². The van der Waals surface area contributed by atoms with Gasteiger partial charge in [0.2, 0.25) is 0 Å². The van der Waals surface area contributed by atoms with E-state index < -0.39 is 5.41 Å². The molecule has 0 radical (unpaired) electrons. The van der Waals surface area contributed by atoms with E-state index in [1.54, 1.807) is 0 Å².